The Hall–Kier alpha value is -1.24. The Morgan fingerprint density at radius 2 is 2.00 bits per heavy atom. The van der Waals surface area contributed by atoms with Gasteiger partial charge in [0.25, 0.3) is 0 Å². The summed E-state index contributed by atoms with van der Waals surface area (Å²) in [6, 6.07) is 8.23. The normalized spacial score (nSPS) is 9.71. The minimum Gasteiger partial charge on any atom is -0.497 e. The van der Waals surface area contributed by atoms with Crippen molar-refractivity contribution in [3.63, 3.8) is 0 Å². The molecule has 1 aromatic carbocycles. The Kier molecular flexibility index (Phi) is 3.75. The van der Waals surface area contributed by atoms with E-state index >= 15 is 0 Å². The topological polar surface area (TPSA) is 9.23 Å². The van der Waals surface area contributed by atoms with E-state index in [1.807, 2.05) is 12.1 Å². The third-order valence-corrected chi connectivity index (χ3v) is 2.38. The third kappa shape index (κ3) is 2.38. The van der Waals surface area contributed by atoms with E-state index in [0.29, 0.717) is 0 Å². The van der Waals surface area contributed by atoms with Gasteiger partial charge in [0.05, 0.1) is 7.11 Å². The molecule has 0 aromatic heterocycles. The van der Waals surface area contributed by atoms with Crippen LogP contribution in [-0.2, 0) is 0 Å². The molecule has 0 aliphatic rings. The molecular weight excluding hydrogens is 172 g/mol. The van der Waals surface area contributed by atoms with Crippen molar-refractivity contribution >= 4 is 5.57 Å². The van der Waals surface area contributed by atoms with Crippen molar-refractivity contribution < 1.29 is 4.74 Å². The van der Waals surface area contributed by atoms with Gasteiger partial charge in [-0.1, -0.05) is 24.6 Å². The van der Waals surface area contributed by atoms with Crippen LogP contribution in [0.4, 0.5) is 0 Å². The summed E-state index contributed by atoms with van der Waals surface area (Å²) in [4.78, 5) is 0. The molecule has 1 heteroatoms. The minimum absolute atomic E-state index is 0.926. The molecule has 0 fully saturated rings. The lowest BCUT2D eigenvalue weighted by Gasteiger charge is -2.09. The molecule has 1 aromatic rings. The van der Waals surface area contributed by atoms with Crippen LogP contribution in [0.2, 0.25) is 0 Å². The summed E-state index contributed by atoms with van der Waals surface area (Å²) in [5.41, 5.74) is 4.05. The first-order chi connectivity index (χ1) is 6.69. The maximum Gasteiger partial charge on any atom is 0.119 e. The number of benzene rings is 1. The Morgan fingerprint density at radius 1 is 1.29 bits per heavy atom. The fraction of sp³-hybridized carbons (Fsp3) is 0.385. The molecule has 0 aliphatic carbocycles. The predicted octanol–water partition coefficient (Wildman–Crippen LogP) is 3.90. The predicted molar refractivity (Wildman–Crippen MR) is 61.6 cm³/mol. The summed E-state index contributed by atoms with van der Waals surface area (Å²) in [6.07, 6.45) is 1.06. The quantitative estimate of drug-likeness (QED) is 0.702. The van der Waals surface area contributed by atoms with Crippen LogP contribution in [0, 0.1) is 0 Å². The van der Waals surface area contributed by atoms with E-state index < -0.39 is 0 Å². The fourth-order valence-corrected chi connectivity index (χ4v) is 1.66. The molecule has 0 saturated heterocycles. The Bertz CT molecular complexity index is 333. The molecule has 0 aliphatic heterocycles. The maximum absolute atomic E-state index is 5.21. The summed E-state index contributed by atoms with van der Waals surface area (Å²) < 4.78 is 5.21. The zero-order valence-corrected chi connectivity index (χ0v) is 9.42. The first kappa shape index (κ1) is 10.8. The van der Waals surface area contributed by atoms with Gasteiger partial charge in [0.1, 0.15) is 5.75 Å². The van der Waals surface area contributed by atoms with Gasteiger partial charge >= 0.3 is 0 Å². The smallest absolute Gasteiger partial charge is 0.119 e. The Labute approximate surface area is 86.4 Å². The average molecular weight is 190 g/mol. The second-order valence-corrected chi connectivity index (χ2v) is 3.56. The maximum atomic E-state index is 5.21. The van der Waals surface area contributed by atoms with Gasteiger partial charge in [0, 0.05) is 0 Å². The van der Waals surface area contributed by atoms with E-state index in [4.69, 9.17) is 4.74 Å². The second-order valence-electron chi connectivity index (χ2n) is 3.56. The molecule has 0 bridgehead atoms. The summed E-state index contributed by atoms with van der Waals surface area (Å²) in [6.45, 7) is 6.48. The summed E-state index contributed by atoms with van der Waals surface area (Å²) >= 11 is 0. The molecule has 0 unspecified atom stereocenters. The average Bonchev–Trinajstić information content (AvgIpc) is 2.19. The summed E-state index contributed by atoms with van der Waals surface area (Å²) in [5.74, 6) is 0.926. The number of ether oxygens (including phenoxy) is 1. The standard InChI is InChI=1S/C13H18O/c1-5-13(10(2)3)11-7-6-8-12(9-11)14-4/h6-9H,5H2,1-4H3. The minimum atomic E-state index is 0.926. The SMILES string of the molecule is CCC(=C(C)C)c1cccc(OC)c1. The van der Waals surface area contributed by atoms with Gasteiger partial charge in [0.15, 0.2) is 0 Å². The summed E-state index contributed by atoms with van der Waals surface area (Å²) in [7, 11) is 1.70. The molecule has 1 nitrogen and oxygen atoms in total. The largest absolute Gasteiger partial charge is 0.497 e. The van der Waals surface area contributed by atoms with Gasteiger partial charge in [-0.25, -0.2) is 0 Å². The summed E-state index contributed by atoms with van der Waals surface area (Å²) in [5, 5.41) is 0. The number of hydrogen-bond donors (Lipinski definition) is 0. The Morgan fingerprint density at radius 3 is 2.50 bits per heavy atom. The third-order valence-electron chi connectivity index (χ3n) is 2.38. The van der Waals surface area contributed by atoms with Crippen molar-refractivity contribution in [2.75, 3.05) is 7.11 Å². The zero-order chi connectivity index (χ0) is 10.6. The Balaban J connectivity index is 3.12. The van der Waals surface area contributed by atoms with Crippen LogP contribution in [0.3, 0.4) is 0 Å². The van der Waals surface area contributed by atoms with Crippen molar-refractivity contribution in [2.45, 2.75) is 27.2 Å². The lowest BCUT2D eigenvalue weighted by molar-refractivity contribution is 0.414. The molecule has 0 N–H and O–H groups in total. The highest BCUT2D eigenvalue weighted by Crippen LogP contribution is 2.24. The lowest BCUT2D eigenvalue weighted by Crippen LogP contribution is -1.88. The van der Waals surface area contributed by atoms with Crippen LogP contribution in [0.15, 0.2) is 29.8 Å². The van der Waals surface area contributed by atoms with Crippen LogP contribution in [0.5, 0.6) is 5.75 Å². The highest BCUT2D eigenvalue weighted by molar-refractivity contribution is 5.68. The molecule has 0 spiro atoms. The molecule has 76 valence electrons. The van der Waals surface area contributed by atoms with Crippen LogP contribution in [-0.4, -0.2) is 7.11 Å². The van der Waals surface area contributed by atoms with Crippen molar-refractivity contribution in [1.82, 2.24) is 0 Å². The van der Waals surface area contributed by atoms with Crippen LogP contribution in [0.25, 0.3) is 5.57 Å². The number of hydrogen-bond acceptors (Lipinski definition) is 1. The van der Waals surface area contributed by atoms with Crippen LogP contribution in [0.1, 0.15) is 32.8 Å². The highest BCUT2D eigenvalue weighted by Gasteiger charge is 2.02. The molecular formula is C13H18O. The van der Waals surface area contributed by atoms with Gasteiger partial charge in [0.2, 0.25) is 0 Å². The van der Waals surface area contributed by atoms with E-state index in [1.54, 1.807) is 7.11 Å². The van der Waals surface area contributed by atoms with Gasteiger partial charge < -0.3 is 4.74 Å². The first-order valence-corrected chi connectivity index (χ1v) is 4.99. The molecule has 1 rings (SSSR count). The fourth-order valence-electron chi connectivity index (χ4n) is 1.66. The van der Waals surface area contributed by atoms with E-state index in [1.165, 1.54) is 16.7 Å². The van der Waals surface area contributed by atoms with E-state index in [-0.39, 0.29) is 0 Å². The van der Waals surface area contributed by atoms with Crippen molar-refractivity contribution in [2.24, 2.45) is 0 Å². The second kappa shape index (κ2) is 4.85. The molecule has 0 heterocycles. The molecule has 0 amide bonds. The number of methoxy groups -OCH3 is 1. The van der Waals surface area contributed by atoms with Gasteiger partial charge in [-0.05, 0) is 43.5 Å². The highest BCUT2D eigenvalue weighted by atomic mass is 16.5. The van der Waals surface area contributed by atoms with Crippen molar-refractivity contribution in [3.05, 3.63) is 35.4 Å². The van der Waals surface area contributed by atoms with Crippen molar-refractivity contribution in [3.8, 4) is 5.75 Å². The van der Waals surface area contributed by atoms with Gasteiger partial charge in [-0.2, -0.15) is 0 Å². The number of rotatable bonds is 3. The zero-order valence-electron chi connectivity index (χ0n) is 9.42. The lowest BCUT2D eigenvalue weighted by atomic mass is 9.99. The van der Waals surface area contributed by atoms with Crippen LogP contribution >= 0.6 is 0 Å². The molecule has 0 radical (unpaired) electrons. The first-order valence-electron chi connectivity index (χ1n) is 4.99. The van der Waals surface area contributed by atoms with Gasteiger partial charge in [-0.3, -0.25) is 0 Å². The van der Waals surface area contributed by atoms with E-state index in [9.17, 15) is 0 Å². The molecule has 14 heavy (non-hydrogen) atoms. The number of allylic oxidation sites excluding steroid dienone is 2. The van der Waals surface area contributed by atoms with E-state index in [2.05, 4.69) is 32.9 Å². The monoisotopic (exact) mass is 190 g/mol. The molecule has 0 atom stereocenters. The van der Waals surface area contributed by atoms with Gasteiger partial charge in [-0.15, -0.1) is 0 Å². The van der Waals surface area contributed by atoms with E-state index in [0.717, 1.165) is 12.2 Å². The van der Waals surface area contributed by atoms with Crippen molar-refractivity contribution in [1.29, 1.82) is 0 Å². The van der Waals surface area contributed by atoms with Crippen LogP contribution < -0.4 is 4.74 Å². The molecule has 0 saturated carbocycles.